The molecule has 0 spiro atoms. The molecule has 1 saturated heterocycles. The molecule has 0 bridgehead atoms. The standard InChI is InChI=1S/C5H12O2.C2H4O/c1-5(2,7)3-4-6;1-2-3-1/h6-7H,3-4H2,1-2H3;1-2H2. The lowest BCUT2D eigenvalue weighted by Gasteiger charge is -2.13. The van der Waals surface area contributed by atoms with Crippen molar-refractivity contribution in [3.05, 3.63) is 0 Å². The van der Waals surface area contributed by atoms with Gasteiger partial charge in [0.25, 0.3) is 0 Å². The van der Waals surface area contributed by atoms with Crippen molar-refractivity contribution in [2.75, 3.05) is 19.8 Å². The van der Waals surface area contributed by atoms with Gasteiger partial charge in [-0.25, -0.2) is 0 Å². The molecule has 0 amide bonds. The van der Waals surface area contributed by atoms with Crippen LogP contribution in [0.15, 0.2) is 0 Å². The van der Waals surface area contributed by atoms with Crippen LogP contribution in [0.4, 0.5) is 0 Å². The molecule has 0 radical (unpaired) electrons. The van der Waals surface area contributed by atoms with Gasteiger partial charge in [-0.1, -0.05) is 0 Å². The number of ether oxygens (including phenoxy) is 1. The van der Waals surface area contributed by atoms with Crippen molar-refractivity contribution in [2.24, 2.45) is 0 Å². The molecular weight excluding hydrogens is 132 g/mol. The van der Waals surface area contributed by atoms with Gasteiger partial charge in [-0.2, -0.15) is 0 Å². The van der Waals surface area contributed by atoms with E-state index in [1.807, 2.05) is 0 Å². The zero-order valence-electron chi connectivity index (χ0n) is 6.63. The Morgan fingerprint density at radius 1 is 1.40 bits per heavy atom. The number of aliphatic hydroxyl groups excluding tert-OH is 1. The normalized spacial score (nSPS) is 15.6. The highest BCUT2D eigenvalue weighted by Crippen LogP contribution is 2.04. The second-order valence-corrected chi connectivity index (χ2v) is 2.90. The molecule has 0 aromatic carbocycles. The molecule has 0 aliphatic carbocycles. The molecular formula is C7H16O3. The first kappa shape index (κ1) is 9.88. The Labute approximate surface area is 61.6 Å². The summed E-state index contributed by atoms with van der Waals surface area (Å²) in [7, 11) is 0. The second-order valence-electron chi connectivity index (χ2n) is 2.90. The highest BCUT2D eigenvalue weighted by atomic mass is 16.6. The van der Waals surface area contributed by atoms with Gasteiger partial charge in [-0.05, 0) is 20.3 Å². The van der Waals surface area contributed by atoms with E-state index in [1.165, 1.54) is 0 Å². The summed E-state index contributed by atoms with van der Waals surface area (Å²) in [5.41, 5.74) is -0.700. The highest BCUT2D eigenvalue weighted by molar-refractivity contribution is 4.62. The van der Waals surface area contributed by atoms with Gasteiger partial charge >= 0.3 is 0 Å². The molecule has 10 heavy (non-hydrogen) atoms. The topological polar surface area (TPSA) is 53.0 Å². The summed E-state index contributed by atoms with van der Waals surface area (Å²) in [6.07, 6.45) is 0.451. The Balaban J connectivity index is 0.000000219. The first-order chi connectivity index (χ1) is 4.56. The maximum atomic E-state index is 8.86. The molecule has 3 heteroatoms. The quantitative estimate of drug-likeness (QED) is 0.548. The molecule has 3 nitrogen and oxygen atoms in total. The summed E-state index contributed by atoms with van der Waals surface area (Å²) in [4.78, 5) is 0. The molecule has 1 rings (SSSR count). The summed E-state index contributed by atoms with van der Waals surface area (Å²) in [5.74, 6) is 0. The number of hydrogen-bond donors (Lipinski definition) is 2. The highest BCUT2D eigenvalue weighted by Gasteiger charge is 2.09. The molecule has 1 heterocycles. The fourth-order valence-corrected chi connectivity index (χ4v) is 0.274. The van der Waals surface area contributed by atoms with Crippen molar-refractivity contribution in [3.8, 4) is 0 Å². The van der Waals surface area contributed by atoms with E-state index >= 15 is 0 Å². The van der Waals surface area contributed by atoms with Crippen LogP contribution in [0.1, 0.15) is 20.3 Å². The van der Waals surface area contributed by atoms with E-state index < -0.39 is 5.60 Å². The zero-order chi connectivity index (χ0) is 8.04. The van der Waals surface area contributed by atoms with E-state index in [0.29, 0.717) is 6.42 Å². The van der Waals surface area contributed by atoms with Crippen LogP contribution in [0.3, 0.4) is 0 Å². The van der Waals surface area contributed by atoms with E-state index in [0.717, 1.165) is 13.2 Å². The maximum Gasteiger partial charge on any atom is 0.0701 e. The van der Waals surface area contributed by atoms with Crippen LogP contribution in [-0.2, 0) is 4.74 Å². The number of rotatable bonds is 2. The third-order valence-electron chi connectivity index (χ3n) is 0.928. The van der Waals surface area contributed by atoms with Crippen LogP contribution < -0.4 is 0 Å². The van der Waals surface area contributed by atoms with E-state index in [4.69, 9.17) is 10.2 Å². The van der Waals surface area contributed by atoms with Gasteiger partial charge in [0.2, 0.25) is 0 Å². The molecule has 1 fully saturated rings. The Morgan fingerprint density at radius 2 is 1.80 bits per heavy atom. The van der Waals surface area contributed by atoms with Crippen LogP contribution in [0, 0.1) is 0 Å². The lowest BCUT2D eigenvalue weighted by atomic mass is 10.1. The average molecular weight is 148 g/mol. The van der Waals surface area contributed by atoms with E-state index in [2.05, 4.69) is 4.74 Å². The average Bonchev–Trinajstić information content (AvgIpc) is 2.40. The molecule has 0 unspecified atom stereocenters. The van der Waals surface area contributed by atoms with Crippen LogP contribution in [0.2, 0.25) is 0 Å². The SMILES string of the molecule is C1CO1.CC(C)(O)CCO. The smallest absolute Gasteiger partial charge is 0.0701 e. The minimum Gasteiger partial charge on any atom is -0.396 e. The molecule has 0 atom stereocenters. The van der Waals surface area contributed by atoms with Gasteiger partial charge in [0, 0.05) is 6.61 Å². The monoisotopic (exact) mass is 148 g/mol. The lowest BCUT2D eigenvalue weighted by Crippen LogP contribution is -2.19. The zero-order valence-corrected chi connectivity index (χ0v) is 6.63. The minimum atomic E-state index is -0.700. The molecule has 0 aromatic rings. The molecule has 62 valence electrons. The van der Waals surface area contributed by atoms with Crippen molar-refractivity contribution in [1.29, 1.82) is 0 Å². The molecule has 0 aromatic heterocycles. The number of aliphatic hydroxyl groups is 2. The molecule has 1 aliphatic rings. The van der Waals surface area contributed by atoms with E-state index in [9.17, 15) is 0 Å². The van der Waals surface area contributed by atoms with Gasteiger partial charge in [0.15, 0.2) is 0 Å². The Kier molecular flexibility index (Phi) is 4.60. The Morgan fingerprint density at radius 3 is 1.80 bits per heavy atom. The largest absolute Gasteiger partial charge is 0.396 e. The summed E-state index contributed by atoms with van der Waals surface area (Å²) >= 11 is 0. The first-order valence-electron chi connectivity index (χ1n) is 3.47. The predicted molar refractivity (Wildman–Crippen MR) is 38.8 cm³/mol. The van der Waals surface area contributed by atoms with Gasteiger partial charge < -0.3 is 14.9 Å². The Bertz CT molecular complexity index is 70.7. The third kappa shape index (κ3) is 15.7. The van der Waals surface area contributed by atoms with Crippen molar-refractivity contribution < 1.29 is 14.9 Å². The summed E-state index contributed by atoms with van der Waals surface area (Å²) < 4.78 is 4.50. The number of hydrogen-bond acceptors (Lipinski definition) is 3. The van der Waals surface area contributed by atoms with Gasteiger partial charge in [0.05, 0.1) is 18.8 Å². The Hall–Kier alpha value is -0.120. The van der Waals surface area contributed by atoms with E-state index in [-0.39, 0.29) is 6.61 Å². The van der Waals surface area contributed by atoms with Gasteiger partial charge in [-0.3, -0.25) is 0 Å². The van der Waals surface area contributed by atoms with E-state index in [1.54, 1.807) is 13.8 Å². The predicted octanol–water partition coefficient (Wildman–Crippen LogP) is 0.156. The molecule has 0 saturated carbocycles. The first-order valence-corrected chi connectivity index (χ1v) is 3.47. The third-order valence-corrected chi connectivity index (χ3v) is 0.928. The maximum absolute atomic E-state index is 8.86. The lowest BCUT2D eigenvalue weighted by molar-refractivity contribution is 0.0515. The molecule has 1 aliphatic heterocycles. The fraction of sp³-hybridized carbons (Fsp3) is 1.00. The van der Waals surface area contributed by atoms with Crippen molar-refractivity contribution in [2.45, 2.75) is 25.9 Å². The number of epoxide rings is 1. The van der Waals surface area contributed by atoms with Crippen molar-refractivity contribution >= 4 is 0 Å². The van der Waals surface area contributed by atoms with Crippen LogP contribution >= 0.6 is 0 Å². The van der Waals surface area contributed by atoms with Crippen LogP contribution in [0.25, 0.3) is 0 Å². The summed E-state index contributed by atoms with van der Waals surface area (Å²) in [6, 6.07) is 0. The van der Waals surface area contributed by atoms with Gasteiger partial charge in [-0.15, -0.1) is 0 Å². The fourth-order valence-electron chi connectivity index (χ4n) is 0.274. The van der Waals surface area contributed by atoms with Crippen molar-refractivity contribution in [3.63, 3.8) is 0 Å². The van der Waals surface area contributed by atoms with Crippen LogP contribution in [0.5, 0.6) is 0 Å². The summed E-state index contributed by atoms with van der Waals surface area (Å²) in [5, 5.41) is 17.1. The van der Waals surface area contributed by atoms with Crippen LogP contribution in [-0.4, -0.2) is 35.6 Å². The van der Waals surface area contributed by atoms with Gasteiger partial charge in [0.1, 0.15) is 0 Å². The van der Waals surface area contributed by atoms with Crippen molar-refractivity contribution in [1.82, 2.24) is 0 Å². The minimum absolute atomic E-state index is 0.0590. The second kappa shape index (κ2) is 4.66. The summed E-state index contributed by atoms with van der Waals surface area (Å²) in [6.45, 7) is 5.40. The molecule has 2 N–H and O–H groups in total.